The van der Waals surface area contributed by atoms with Crippen LogP contribution in [-0.4, -0.2) is 26.2 Å². The van der Waals surface area contributed by atoms with Gasteiger partial charge in [0.05, 0.1) is 11.5 Å². The van der Waals surface area contributed by atoms with E-state index in [-0.39, 0.29) is 5.91 Å². The van der Waals surface area contributed by atoms with Crippen molar-refractivity contribution in [2.24, 2.45) is 0 Å². The Hall–Kier alpha value is -1.85. The average molecular weight is 319 g/mol. The van der Waals surface area contributed by atoms with Gasteiger partial charge in [0.25, 0.3) is 5.91 Å². The van der Waals surface area contributed by atoms with Crippen LogP contribution in [0.2, 0.25) is 0 Å². The number of nitrogens with one attached hydrogen (secondary N) is 1. The van der Waals surface area contributed by atoms with Crippen molar-refractivity contribution in [3.63, 3.8) is 0 Å². The van der Waals surface area contributed by atoms with Crippen LogP contribution in [0, 0.1) is 13.8 Å². The molecule has 1 heterocycles. The molecule has 0 atom stereocenters. The molecule has 118 valence electrons. The molecular weight excluding hydrogens is 298 g/mol. The fraction of sp³-hybridized carbons (Fsp3) is 0.353. The van der Waals surface area contributed by atoms with Gasteiger partial charge in [0.15, 0.2) is 0 Å². The molecule has 0 aliphatic carbocycles. The van der Waals surface area contributed by atoms with Gasteiger partial charge in [-0.2, -0.15) is 0 Å². The van der Waals surface area contributed by atoms with E-state index < -0.39 is 0 Å². The van der Waals surface area contributed by atoms with Crippen molar-refractivity contribution in [1.82, 2.24) is 5.32 Å². The lowest BCUT2D eigenvalue weighted by Gasteiger charge is -2.07. The summed E-state index contributed by atoms with van der Waals surface area (Å²) >= 11 is 1.53. The van der Waals surface area contributed by atoms with Gasteiger partial charge in [-0.3, -0.25) is 4.79 Å². The highest BCUT2D eigenvalue weighted by atomic mass is 32.1. The minimum absolute atomic E-state index is 0.0263. The lowest BCUT2D eigenvalue weighted by Crippen LogP contribution is -2.21. The number of aryl methyl sites for hydroxylation is 2. The normalized spacial score (nSPS) is 10.5. The first-order chi connectivity index (χ1) is 10.6. The smallest absolute Gasteiger partial charge is 0.261 e. The molecule has 1 amide bonds. The summed E-state index contributed by atoms with van der Waals surface area (Å²) in [6.45, 7) is 5.65. The molecule has 22 heavy (non-hydrogen) atoms. The van der Waals surface area contributed by atoms with Crippen molar-refractivity contribution in [2.75, 3.05) is 20.3 Å². The second kappa shape index (κ2) is 7.96. The van der Waals surface area contributed by atoms with E-state index in [2.05, 4.69) is 5.32 Å². The molecule has 1 N–H and O–H groups in total. The van der Waals surface area contributed by atoms with Crippen LogP contribution in [0.3, 0.4) is 0 Å². The average Bonchev–Trinajstić information content (AvgIpc) is 2.86. The Morgan fingerprint density at radius 3 is 2.50 bits per heavy atom. The fourth-order valence-corrected chi connectivity index (χ4v) is 2.85. The van der Waals surface area contributed by atoms with Crippen molar-refractivity contribution in [2.45, 2.75) is 20.4 Å². The number of thiophene rings is 1. The van der Waals surface area contributed by atoms with Gasteiger partial charge < -0.3 is 14.8 Å². The van der Waals surface area contributed by atoms with Crippen LogP contribution in [0.25, 0.3) is 0 Å². The highest BCUT2D eigenvalue weighted by molar-refractivity contribution is 7.14. The minimum atomic E-state index is -0.0263. The molecule has 5 heteroatoms. The summed E-state index contributed by atoms with van der Waals surface area (Å²) in [7, 11) is 1.64. The van der Waals surface area contributed by atoms with Gasteiger partial charge in [-0.25, -0.2) is 0 Å². The molecule has 4 nitrogen and oxygen atoms in total. The molecule has 0 spiro atoms. The second-order valence-corrected chi connectivity index (χ2v) is 6.27. The number of rotatable bonds is 7. The predicted octanol–water partition coefficient (Wildman–Crippen LogP) is 3.32. The van der Waals surface area contributed by atoms with E-state index in [4.69, 9.17) is 9.47 Å². The zero-order valence-corrected chi connectivity index (χ0v) is 14.0. The van der Waals surface area contributed by atoms with Gasteiger partial charge in [0, 0.05) is 18.5 Å². The first-order valence-electron chi connectivity index (χ1n) is 7.16. The number of hydrogen-bond acceptors (Lipinski definition) is 4. The largest absolute Gasteiger partial charge is 0.491 e. The molecule has 0 fully saturated rings. The molecule has 0 aliphatic rings. The van der Waals surface area contributed by atoms with E-state index in [1.807, 2.05) is 44.2 Å². The highest BCUT2D eigenvalue weighted by Gasteiger charge is 2.10. The zero-order valence-electron chi connectivity index (χ0n) is 13.1. The van der Waals surface area contributed by atoms with E-state index in [0.29, 0.717) is 19.8 Å². The lowest BCUT2D eigenvalue weighted by molar-refractivity contribution is 0.0955. The van der Waals surface area contributed by atoms with E-state index in [0.717, 1.165) is 21.8 Å². The number of methoxy groups -OCH3 is 1. The Morgan fingerprint density at radius 2 is 1.91 bits per heavy atom. The zero-order chi connectivity index (χ0) is 15.9. The van der Waals surface area contributed by atoms with E-state index in [1.165, 1.54) is 16.2 Å². The molecule has 0 aliphatic heterocycles. The Kier molecular flexibility index (Phi) is 5.98. The maximum atomic E-state index is 12.1. The van der Waals surface area contributed by atoms with Crippen molar-refractivity contribution in [3.8, 4) is 5.75 Å². The number of carbonyl (C=O) groups is 1. The maximum absolute atomic E-state index is 12.1. The third-order valence-electron chi connectivity index (χ3n) is 3.32. The van der Waals surface area contributed by atoms with Crippen molar-refractivity contribution in [3.05, 3.63) is 51.2 Å². The van der Waals surface area contributed by atoms with Gasteiger partial charge in [0.2, 0.25) is 0 Å². The number of amides is 1. The standard InChI is InChI=1S/C17H21NO3S/c1-12-10-16(22-13(12)2)17(19)18-11-14-4-6-15(7-5-14)21-9-8-20-3/h4-7,10H,8-9,11H2,1-3H3,(H,18,19). The fourth-order valence-electron chi connectivity index (χ4n) is 1.90. The first kappa shape index (κ1) is 16.5. The van der Waals surface area contributed by atoms with E-state index >= 15 is 0 Å². The van der Waals surface area contributed by atoms with Gasteiger partial charge >= 0.3 is 0 Å². The molecule has 0 bridgehead atoms. The quantitative estimate of drug-likeness (QED) is 0.796. The summed E-state index contributed by atoms with van der Waals surface area (Å²) in [5.74, 6) is 0.776. The molecule has 0 saturated carbocycles. The molecule has 1 aromatic carbocycles. The first-order valence-corrected chi connectivity index (χ1v) is 7.97. The molecule has 0 saturated heterocycles. The van der Waals surface area contributed by atoms with Crippen LogP contribution in [0.1, 0.15) is 25.7 Å². The summed E-state index contributed by atoms with van der Waals surface area (Å²) in [6, 6.07) is 9.63. The molecule has 0 radical (unpaired) electrons. The third kappa shape index (κ3) is 4.58. The molecule has 2 aromatic rings. The van der Waals surface area contributed by atoms with E-state index in [9.17, 15) is 4.79 Å². The number of benzene rings is 1. The summed E-state index contributed by atoms with van der Waals surface area (Å²) < 4.78 is 10.4. The van der Waals surface area contributed by atoms with Crippen molar-refractivity contribution < 1.29 is 14.3 Å². The maximum Gasteiger partial charge on any atom is 0.261 e. The predicted molar refractivity (Wildman–Crippen MR) is 88.8 cm³/mol. The third-order valence-corrected chi connectivity index (χ3v) is 4.47. The summed E-state index contributed by atoms with van der Waals surface area (Å²) in [4.78, 5) is 14.0. The van der Waals surface area contributed by atoms with Gasteiger partial charge in [-0.1, -0.05) is 12.1 Å². The Labute approximate surface area is 135 Å². The van der Waals surface area contributed by atoms with Crippen molar-refractivity contribution >= 4 is 17.2 Å². The van der Waals surface area contributed by atoms with Crippen LogP contribution >= 0.6 is 11.3 Å². The van der Waals surface area contributed by atoms with Crippen molar-refractivity contribution in [1.29, 1.82) is 0 Å². The highest BCUT2D eigenvalue weighted by Crippen LogP contribution is 2.20. The Balaban J connectivity index is 1.84. The lowest BCUT2D eigenvalue weighted by atomic mass is 10.2. The van der Waals surface area contributed by atoms with Crippen LogP contribution in [-0.2, 0) is 11.3 Å². The number of carbonyl (C=O) groups excluding carboxylic acids is 1. The molecular formula is C17H21NO3S. The number of ether oxygens (including phenoxy) is 2. The monoisotopic (exact) mass is 319 g/mol. The van der Waals surface area contributed by atoms with Gasteiger partial charge in [-0.15, -0.1) is 11.3 Å². The molecule has 2 rings (SSSR count). The van der Waals surface area contributed by atoms with Crippen LogP contribution in [0.4, 0.5) is 0 Å². The van der Waals surface area contributed by atoms with Crippen LogP contribution < -0.4 is 10.1 Å². The Morgan fingerprint density at radius 1 is 1.18 bits per heavy atom. The minimum Gasteiger partial charge on any atom is -0.491 e. The second-order valence-electron chi connectivity index (χ2n) is 5.02. The van der Waals surface area contributed by atoms with E-state index in [1.54, 1.807) is 7.11 Å². The topological polar surface area (TPSA) is 47.6 Å². The summed E-state index contributed by atoms with van der Waals surface area (Å²) in [5.41, 5.74) is 2.20. The molecule has 1 aromatic heterocycles. The van der Waals surface area contributed by atoms with Crippen LogP contribution in [0.15, 0.2) is 30.3 Å². The van der Waals surface area contributed by atoms with Gasteiger partial charge in [0.1, 0.15) is 12.4 Å². The van der Waals surface area contributed by atoms with Crippen LogP contribution in [0.5, 0.6) is 5.75 Å². The summed E-state index contributed by atoms with van der Waals surface area (Å²) in [6.07, 6.45) is 0. The molecule has 0 unspecified atom stereocenters. The SMILES string of the molecule is COCCOc1ccc(CNC(=O)c2cc(C)c(C)s2)cc1. The number of hydrogen-bond donors (Lipinski definition) is 1. The Bertz CT molecular complexity index is 600. The van der Waals surface area contributed by atoms with Gasteiger partial charge in [-0.05, 0) is 43.2 Å². The summed E-state index contributed by atoms with van der Waals surface area (Å²) in [5, 5.41) is 2.94.